The number of rotatable bonds is 5. The van der Waals surface area contributed by atoms with Crippen LogP contribution >= 0.6 is 0 Å². The van der Waals surface area contributed by atoms with E-state index >= 15 is 0 Å². The number of fused-ring (bicyclic) bond motifs is 2. The van der Waals surface area contributed by atoms with Crippen molar-refractivity contribution in [3.8, 4) is 0 Å². The summed E-state index contributed by atoms with van der Waals surface area (Å²) in [5.74, 6) is 1.17. The third-order valence-electron chi connectivity index (χ3n) is 6.42. The molecule has 142 valence electrons. The Morgan fingerprint density at radius 2 is 2.04 bits per heavy atom. The molecule has 1 aliphatic carbocycles. The maximum absolute atomic E-state index is 12.3. The summed E-state index contributed by atoms with van der Waals surface area (Å²) in [6.45, 7) is 9.99. The summed E-state index contributed by atoms with van der Waals surface area (Å²) in [5, 5.41) is 2.80. The molecule has 0 spiro atoms. The molecule has 0 aromatic heterocycles. The lowest BCUT2D eigenvalue weighted by molar-refractivity contribution is -0.164. The summed E-state index contributed by atoms with van der Waals surface area (Å²) < 4.78 is 12.0. The number of benzene rings is 1. The largest absolute Gasteiger partial charge is 0.449 e. The normalized spacial score (nSPS) is 33.3. The molecule has 1 saturated heterocycles. The highest BCUT2D eigenvalue weighted by Crippen LogP contribution is 2.53. The van der Waals surface area contributed by atoms with Crippen LogP contribution in [0.5, 0.6) is 0 Å². The Morgan fingerprint density at radius 1 is 1.31 bits per heavy atom. The number of nitrogens with one attached hydrogen (secondary N) is 1. The average Bonchev–Trinajstić information content (AvgIpc) is 2.61. The molecule has 4 heteroatoms. The molecule has 1 aromatic rings. The van der Waals surface area contributed by atoms with Crippen LogP contribution in [0.25, 0.3) is 0 Å². The van der Waals surface area contributed by atoms with Gasteiger partial charge in [0.25, 0.3) is 0 Å². The summed E-state index contributed by atoms with van der Waals surface area (Å²) in [7, 11) is 0. The molecular formula is C22H31NO3. The van der Waals surface area contributed by atoms with Crippen molar-refractivity contribution >= 4 is 11.8 Å². The molecule has 4 nitrogen and oxygen atoms in total. The third kappa shape index (κ3) is 3.52. The van der Waals surface area contributed by atoms with E-state index in [4.69, 9.17) is 9.47 Å². The number of anilines is 1. The van der Waals surface area contributed by atoms with Crippen molar-refractivity contribution in [2.45, 2.75) is 46.6 Å². The predicted molar refractivity (Wildman–Crippen MR) is 104 cm³/mol. The highest BCUT2D eigenvalue weighted by atomic mass is 16.6. The topological polar surface area (TPSA) is 47.6 Å². The zero-order valence-electron chi connectivity index (χ0n) is 16.3. The maximum Gasteiger partial charge on any atom is 0.411 e. The molecule has 2 bridgehead atoms. The number of ether oxygens (including phenoxy) is 2. The predicted octanol–water partition coefficient (Wildman–Crippen LogP) is 5.27. The Hall–Kier alpha value is -1.81. The number of allylic oxidation sites excluding steroid dienone is 1. The first kappa shape index (κ1) is 19.0. The quantitative estimate of drug-likeness (QED) is 0.730. The van der Waals surface area contributed by atoms with E-state index in [1.165, 1.54) is 5.57 Å². The summed E-state index contributed by atoms with van der Waals surface area (Å²) in [5.41, 5.74) is 2.02. The van der Waals surface area contributed by atoms with Crippen LogP contribution in [-0.4, -0.2) is 25.4 Å². The van der Waals surface area contributed by atoms with Crippen molar-refractivity contribution in [2.24, 2.45) is 23.2 Å². The van der Waals surface area contributed by atoms with E-state index in [-0.39, 0.29) is 11.5 Å². The van der Waals surface area contributed by atoms with E-state index in [9.17, 15) is 4.79 Å². The first-order chi connectivity index (χ1) is 12.5. The fraction of sp³-hybridized carbons (Fsp3) is 0.591. The van der Waals surface area contributed by atoms with Gasteiger partial charge in [-0.15, -0.1) is 0 Å². The van der Waals surface area contributed by atoms with E-state index in [1.54, 1.807) is 0 Å². The second-order valence-corrected chi connectivity index (χ2v) is 7.95. The van der Waals surface area contributed by atoms with Gasteiger partial charge in [-0.05, 0) is 37.3 Å². The molecule has 1 N–H and O–H groups in total. The Labute approximate surface area is 157 Å². The van der Waals surface area contributed by atoms with Gasteiger partial charge >= 0.3 is 6.09 Å². The average molecular weight is 357 g/mol. The van der Waals surface area contributed by atoms with Gasteiger partial charge in [0.15, 0.2) is 0 Å². The molecule has 0 radical (unpaired) electrons. The molecule has 1 amide bonds. The molecule has 1 heterocycles. The van der Waals surface area contributed by atoms with Gasteiger partial charge in [-0.2, -0.15) is 0 Å². The van der Waals surface area contributed by atoms with Crippen LogP contribution in [0.4, 0.5) is 10.5 Å². The Morgan fingerprint density at radius 3 is 2.73 bits per heavy atom. The summed E-state index contributed by atoms with van der Waals surface area (Å²) in [4.78, 5) is 12.3. The lowest BCUT2D eigenvalue weighted by Crippen LogP contribution is -2.56. The summed E-state index contributed by atoms with van der Waals surface area (Å²) in [6.07, 6.45) is 4.46. The lowest BCUT2D eigenvalue weighted by Gasteiger charge is -2.55. The second-order valence-electron chi connectivity index (χ2n) is 7.95. The molecule has 26 heavy (non-hydrogen) atoms. The molecule has 1 aliphatic heterocycles. The van der Waals surface area contributed by atoms with Crippen LogP contribution in [0, 0.1) is 23.2 Å². The van der Waals surface area contributed by atoms with Crippen molar-refractivity contribution < 1.29 is 14.3 Å². The van der Waals surface area contributed by atoms with Gasteiger partial charge in [-0.3, -0.25) is 5.32 Å². The van der Waals surface area contributed by atoms with E-state index in [2.05, 4.69) is 39.1 Å². The number of hydrogen-bond acceptors (Lipinski definition) is 3. The smallest absolute Gasteiger partial charge is 0.411 e. The maximum atomic E-state index is 12.3. The Bertz CT molecular complexity index is 657. The van der Waals surface area contributed by atoms with Crippen LogP contribution in [0.2, 0.25) is 0 Å². The zero-order valence-corrected chi connectivity index (χ0v) is 16.3. The Kier molecular flexibility index (Phi) is 5.71. The number of amides is 1. The molecule has 1 fully saturated rings. The molecular weight excluding hydrogens is 326 g/mol. The fourth-order valence-corrected chi connectivity index (χ4v) is 4.81. The second kappa shape index (κ2) is 7.83. The summed E-state index contributed by atoms with van der Waals surface area (Å²) in [6, 6.07) is 9.40. The summed E-state index contributed by atoms with van der Waals surface area (Å²) >= 11 is 0. The van der Waals surface area contributed by atoms with Gasteiger partial charge in [0.1, 0.15) is 6.61 Å². The fourth-order valence-electron chi connectivity index (χ4n) is 4.81. The Balaban J connectivity index is 1.71. The van der Waals surface area contributed by atoms with E-state index in [0.717, 1.165) is 18.5 Å². The van der Waals surface area contributed by atoms with Gasteiger partial charge < -0.3 is 9.47 Å². The molecule has 0 saturated carbocycles. The van der Waals surface area contributed by atoms with Gasteiger partial charge in [-0.25, -0.2) is 4.79 Å². The number of hydrogen-bond donors (Lipinski definition) is 1. The number of carbonyl (C=O) groups is 1. The van der Waals surface area contributed by atoms with Crippen molar-refractivity contribution in [2.75, 3.05) is 18.5 Å². The zero-order chi connectivity index (χ0) is 18.7. The monoisotopic (exact) mass is 357 g/mol. The minimum atomic E-state index is -0.400. The van der Waals surface area contributed by atoms with E-state index < -0.39 is 6.09 Å². The molecule has 1 aromatic carbocycles. The number of carbonyl (C=O) groups excluding carboxylic acids is 1. The SMILES string of the molecule is CCCC1OC[C@@]2(COC(=O)Nc3ccccc3)C(C)C=C(C)C1[C@@H]2C. The highest BCUT2D eigenvalue weighted by Gasteiger charge is 2.53. The van der Waals surface area contributed by atoms with Gasteiger partial charge in [0.2, 0.25) is 0 Å². The van der Waals surface area contributed by atoms with Gasteiger partial charge in [-0.1, -0.05) is 57.0 Å². The van der Waals surface area contributed by atoms with Crippen molar-refractivity contribution in [3.63, 3.8) is 0 Å². The molecule has 3 unspecified atom stereocenters. The van der Waals surface area contributed by atoms with E-state index in [1.807, 2.05) is 30.3 Å². The van der Waals surface area contributed by atoms with Crippen LogP contribution in [0.3, 0.4) is 0 Å². The van der Waals surface area contributed by atoms with Gasteiger partial charge in [0.05, 0.1) is 12.7 Å². The van der Waals surface area contributed by atoms with Crippen molar-refractivity contribution in [1.29, 1.82) is 0 Å². The van der Waals surface area contributed by atoms with Crippen molar-refractivity contribution in [1.82, 2.24) is 0 Å². The lowest BCUT2D eigenvalue weighted by atomic mass is 9.56. The first-order valence-electron chi connectivity index (χ1n) is 9.76. The van der Waals surface area contributed by atoms with Crippen LogP contribution in [0.1, 0.15) is 40.5 Å². The van der Waals surface area contributed by atoms with E-state index in [0.29, 0.717) is 31.0 Å². The van der Waals surface area contributed by atoms with Crippen LogP contribution < -0.4 is 5.32 Å². The molecule has 3 rings (SSSR count). The highest BCUT2D eigenvalue weighted by molar-refractivity contribution is 5.84. The molecule has 2 aliphatic rings. The van der Waals surface area contributed by atoms with Crippen LogP contribution in [-0.2, 0) is 9.47 Å². The van der Waals surface area contributed by atoms with Crippen LogP contribution in [0.15, 0.2) is 42.0 Å². The number of para-hydroxylation sites is 1. The van der Waals surface area contributed by atoms with Gasteiger partial charge in [0, 0.05) is 17.0 Å². The third-order valence-corrected chi connectivity index (χ3v) is 6.42. The minimum Gasteiger partial charge on any atom is -0.449 e. The first-order valence-corrected chi connectivity index (χ1v) is 9.76. The minimum absolute atomic E-state index is 0.150. The standard InChI is InChI=1S/C22H31NO3/c1-5-9-19-20-15(2)12-16(3)22(13-25-19,17(20)4)14-26-21(24)23-18-10-7-6-8-11-18/h6-8,10-12,16-17,19-20H,5,9,13-14H2,1-4H3,(H,23,24)/t16?,17-,19?,20?,22+/m0/s1. The van der Waals surface area contributed by atoms with Crippen molar-refractivity contribution in [3.05, 3.63) is 42.0 Å². The molecule has 5 atom stereocenters.